The van der Waals surface area contributed by atoms with Crippen molar-refractivity contribution in [3.8, 4) is 0 Å². The molecule has 1 fully saturated rings. The first-order valence-corrected chi connectivity index (χ1v) is 5.53. The van der Waals surface area contributed by atoms with Crippen molar-refractivity contribution in [2.75, 3.05) is 19.0 Å². The Hall–Kier alpha value is -0.720. The number of nitrogen functional groups attached to an aromatic ring is 1. The van der Waals surface area contributed by atoms with Gasteiger partial charge in [-0.15, -0.1) is 5.10 Å². The molecule has 1 aromatic rings. The number of aromatic nitrogens is 2. The van der Waals surface area contributed by atoms with Gasteiger partial charge in [0, 0.05) is 24.6 Å². The Morgan fingerprint density at radius 1 is 1.64 bits per heavy atom. The molecule has 1 aliphatic carbocycles. The zero-order chi connectivity index (χ0) is 9.97. The van der Waals surface area contributed by atoms with E-state index in [1.54, 1.807) is 0 Å². The summed E-state index contributed by atoms with van der Waals surface area (Å²) in [7, 11) is 2.11. The van der Waals surface area contributed by atoms with Crippen LogP contribution in [0.5, 0.6) is 0 Å². The van der Waals surface area contributed by atoms with Crippen LogP contribution in [0.1, 0.15) is 18.5 Å². The number of nitrogens with two attached hydrogens (primary N) is 1. The van der Waals surface area contributed by atoms with Crippen LogP contribution in [0.2, 0.25) is 0 Å². The molecule has 0 radical (unpaired) electrons. The summed E-state index contributed by atoms with van der Waals surface area (Å²) < 4.78 is 3.86. The summed E-state index contributed by atoms with van der Waals surface area (Å²) in [6.45, 7) is 1.98. The third-order valence-corrected chi connectivity index (χ3v) is 3.07. The number of hydrazine groups is 1. The van der Waals surface area contributed by atoms with Crippen LogP contribution >= 0.6 is 11.5 Å². The summed E-state index contributed by atoms with van der Waals surface area (Å²) >= 11 is 1.30. The fraction of sp³-hybridized carbons (Fsp3) is 0.750. The molecule has 0 bridgehead atoms. The van der Waals surface area contributed by atoms with Crippen LogP contribution in [0.25, 0.3) is 0 Å². The van der Waals surface area contributed by atoms with E-state index in [9.17, 15) is 0 Å². The fourth-order valence-corrected chi connectivity index (χ4v) is 1.97. The molecule has 0 atom stereocenters. The van der Waals surface area contributed by atoms with Crippen LogP contribution in [0.3, 0.4) is 0 Å². The first-order valence-electron chi connectivity index (χ1n) is 4.76. The number of nitrogens with zero attached hydrogens (tertiary/aromatic N) is 3. The molecule has 2 rings (SSSR count). The maximum atomic E-state index is 5.35. The lowest BCUT2D eigenvalue weighted by Crippen LogP contribution is -2.21. The van der Waals surface area contributed by atoms with E-state index < -0.39 is 0 Å². The molecular formula is C8H15N5S. The highest BCUT2D eigenvalue weighted by Crippen LogP contribution is 2.30. The smallest absolute Gasteiger partial charge is 0.148 e. The Balaban J connectivity index is 1.88. The molecule has 14 heavy (non-hydrogen) atoms. The second-order valence-electron chi connectivity index (χ2n) is 3.83. The number of rotatable bonds is 5. The van der Waals surface area contributed by atoms with Crippen molar-refractivity contribution < 1.29 is 0 Å². The van der Waals surface area contributed by atoms with Crippen molar-refractivity contribution in [2.24, 2.45) is 11.8 Å². The molecule has 1 saturated carbocycles. The van der Waals surface area contributed by atoms with Gasteiger partial charge in [0.15, 0.2) is 0 Å². The van der Waals surface area contributed by atoms with Gasteiger partial charge >= 0.3 is 0 Å². The van der Waals surface area contributed by atoms with Crippen molar-refractivity contribution in [3.05, 3.63) is 5.69 Å². The molecule has 5 nitrogen and oxygen atoms in total. The zero-order valence-electron chi connectivity index (χ0n) is 8.23. The van der Waals surface area contributed by atoms with Gasteiger partial charge in [0.25, 0.3) is 0 Å². The molecule has 0 aliphatic heterocycles. The summed E-state index contributed by atoms with van der Waals surface area (Å²) in [6, 6.07) is 0. The van der Waals surface area contributed by atoms with E-state index in [1.807, 2.05) is 0 Å². The van der Waals surface area contributed by atoms with Crippen LogP contribution in [-0.4, -0.2) is 28.1 Å². The minimum absolute atomic E-state index is 0.826. The standard InChI is InChI=1S/C8H15N5S/c1-13(4-6-2-3-6)5-7-8(10-9)14-12-11-7/h6,10H,2-5,9H2,1H3. The Morgan fingerprint density at radius 2 is 2.43 bits per heavy atom. The van der Waals surface area contributed by atoms with Gasteiger partial charge in [-0.05, 0) is 25.8 Å². The number of nitrogens with one attached hydrogen (secondary N) is 1. The Bertz CT molecular complexity index is 296. The van der Waals surface area contributed by atoms with Gasteiger partial charge < -0.3 is 10.3 Å². The number of hydrogen-bond donors (Lipinski definition) is 2. The van der Waals surface area contributed by atoms with Crippen LogP contribution in [-0.2, 0) is 6.54 Å². The first kappa shape index (κ1) is 9.82. The van der Waals surface area contributed by atoms with E-state index >= 15 is 0 Å². The highest BCUT2D eigenvalue weighted by Gasteiger charge is 2.23. The monoisotopic (exact) mass is 213 g/mol. The van der Waals surface area contributed by atoms with E-state index in [0.717, 1.165) is 29.7 Å². The molecule has 1 heterocycles. The summed E-state index contributed by atoms with van der Waals surface area (Å²) in [6.07, 6.45) is 2.75. The van der Waals surface area contributed by atoms with E-state index in [2.05, 4.69) is 27.0 Å². The van der Waals surface area contributed by atoms with E-state index in [0.29, 0.717) is 0 Å². The topological polar surface area (TPSA) is 67.1 Å². The lowest BCUT2D eigenvalue weighted by Gasteiger charge is -2.14. The quantitative estimate of drug-likeness (QED) is 0.556. The summed E-state index contributed by atoms with van der Waals surface area (Å²) in [4.78, 5) is 2.27. The lowest BCUT2D eigenvalue weighted by molar-refractivity contribution is 0.309. The van der Waals surface area contributed by atoms with Gasteiger partial charge in [-0.2, -0.15) is 0 Å². The van der Waals surface area contributed by atoms with Gasteiger partial charge in [-0.3, -0.25) is 0 Å². The van der Waals surface area contributed by atoms with Gasteiger partial charge in [0.2, 0.25) is 0 Å². The van der Waals surface area contributed by atoms with Crippen LogP contribution in [0, 0.1) is 5.92 Å². The van der Waals surface area contributed by atoms with Gasteiger partial charge in [-0.1, -0.05) is 4.49 Å². The van der Waals surface area contributed by atoms with Gasteiger partial charge in [0.1, 0.15) is 10.7 Å². The van der Waals surface area contributed by atoms with Crippen LogP contribution < -0.4 is 11.3 Å². The average molecular weight is 213 g/mol. The summed E-state index contributed by atoms with van der Waals surface area (Å²) in [5.41, 5.74) is 3.56. The van der Waals surface area contributed by atoms with Crippen LogP contribution in [0.4, 0.5) is 5.00 Å². The zero-order valence-corrected chi connectivity index (χ0v) is 9.05. The fourth-order valence-electron chi connectivity index (χ4n) is 1.48. The van der Waals surface area contributed by atoms with Gasteiger partial charge in [0.05, 0.1) is 0 Å². The molecule has 3 N–H and O–H groups in total. The third-order valence-electron chi connectivity index (χ3n) is 2.37. The second-order valence-corrected chi connectivity index (χ2v) is 4.59. The molecule has 0 saturated heterocycles. The van der Waals surface area contributed by atoms with E-state index in [-0.39, 0.29) is 0 Å². The SMILES string of the molecule is CN(Cc1nnsc1NN)CC1CC1. The minimum Gasteiger partial charge on any atom is -0.313 e. The molecule has 0 unspecified atom stereocenters. The van der Waals surface area contributed by atoms with Crippen molar-refractivity contribution in [2.45, 2.75) is 19.4 Å². The molecule has 0 spiro atoms. The average Bonchev–Trinajstić information content (AvgIpc) is 2.84. The Labute approximate surface area is 87.4 Å². The third kappa shape index (κ3) is 2.40. The highest BCUT2D eigenvalue weighted by molar-refractivity contribution is 7.10. The molecule has 0 aromatic carbocycles. The largest absolute Gasteiger partial charge is 0.313 e. The maximum absolute atomic E-state index is 5.35. The van der Waals surface area contributed by atoms with Crippen molar-refractivity contribution >= 4 is 16.5 Å². The highest BCUT2D eigenvalue weighted by atomic mass is 32.1. The molecule has 0 amide bonds. The summed E-state index contributed by atoms with van der Waals surface area (Å²) in [5, 5.41) is 4.91. The lowest BCUT2D eigenvalue weighted by atomic mass is 10.3. The van der Waals surface area contributed by atoms with Crippen molar-refractivity contribution in [1.29, 1.82) is 0 Å². The number of anilines is 1. The maximum Gasteiger partial charge on any atom is 0.148 e. The molecule has 1 aliphatic rings. The normalized spacial score (nSPS) is 16.2. The molecular weight excluding hydrogens is 198 g/mol. The number of hydrogen-bond acceptors (Lipinski definition) is 6. The Kier molecular flexibility index (Phi) is 2.95. The first-order chi connectivity index (χ1) is 6.79. The van der Waals surface area contributed by atoms with Crippen molar-refractivity contribution in [1.82, 2.24) is 14.5 Å². The molecule has 1 aromatic heterocycles. The second kappa shape index (κ2) is 4.20. The van der Waals surface area contributed by atoms with Crippen LogP contribution in [0.15, 0.2) is 0 Å². The molecule has 78 valence electrons. The predicted molar refractivity (Wildman–Crippen MR) is 56.8 cm³/mol. The van der Waals surface area contributed by atoms with E-state index in [4.69, 9.17) is 5.84 Å². The van der Waals surface area contributed by atoms with Crippen molar-refractivity contribution in [3.63, 3.8) is 0 Å². The van der Waals surface area contributed by atoms with E-state index in [1.165, 1.54) is 24.4 Å². The minimum atomic E-state index is 0.826. The molecule has 6 heteroatoms. The Morgan fingerprint density at radius 3 is 3.07 bits per heavy atom. The summed E-state index contributed by atoms with van der Waals surface area (Å²) in [5.74, 6) is 6.25. The van der Waals surface area contributed by atoms with Gasteiger partial charge in [-0.25, -0.2) is 5.84 Å². The predicted octanol–water partition coefficient (Wildman–Crippen LogP) is 0.665.